The number of benzene rings is 3. The van der Waals surface area contributed by atoms with Gasteiger partial charge in [-0.2, -0.15) is 0 Å². The highest BCUT2D eigenvalue weighted by Crippen LogP contribution is 2.20. The summed E-state index contributed by atoms with van der Waals surface area (Å²) in [4.78, 5) is 14.8. The zero-order valence-corrected chi connectivity index (χ0v) is 20.8. The number of urea groups is 1. The van der Waals surface area contributed by atoms with Gasteiger partial charge in [0.25, 0.3) is 0 Å². The number of sulfone groups is 1. The first-order valence-corrected chi connectivity index (χ1v) is 13.2. The van der Waals surface area contributed by atoms with Gasteiger partial charge >= 0.3 is 6.03 Å². The van der Waals surface area contributed by atoms with Gasteiger partial charge in [0, 0.05) is 15.1 Å². The van der Waals surface area contributed by atoms with Crippen LogP contribution in [0.4, 0.5) is 10.5 Å². The van der Waals surface area contributed by atoms with Gasteiger partial charge < -0.3 is 10.6 Å². The molecule has 2 amide bonds. The van der Waals surface area contributed by atoms with Crippen molar-refractivity contribution >= 4 is 21.6 Å². The molecule has 1 atom stereocenters. The largest absolute Gasteiger partial charge is 0.331 e. The molecule has 1 unspecified atom stereocenters. The SMILES string of the molecule is CCN(CC)Cc1ccc(CS(=O)(=O)c2ccc(NC(=O)NC(C)c3ccccc3)cc2)cc1.[HH].[HH]. The molecule has 3 aromatic rings. The van der Waals surface area contributed by atoms with Crippen molar-refractivity contribution < 1.29 is 16.1 Å². The number of carbonyl (C=O) groups excluding carboxylic acids is 1. The third kappa shape index (κ3) is 7.17. The molecule has 0 aliphatic carbocycles. The van der Waals surface area contributed by atoms with E-state index in [2.05, 4.69) is 29.4 Å². The maximum atomic E-state index is 12.9. The molecular weight excluding hydrogens is 446 g/mol. The first-order valence-electron chi connectivity index (χ1n) is 11.6. The van der Waals surface area contributed by atoms with Crippen molar-refractivity contribution in [1.82, 2.24) is 10.2 Å². The van der Waals surface area contributed by atoms with Gasteiger partial charge in [-0.05, 0) is 61.0 Å². The molecule has 0 saturated carbocycles. The van der Waals surface area contributed by atoms with E-state index in [0.29, 0.717) is 5.69 Å². The maximum Gasteiger partial charge on any atom is 0.319 e. The van der Waals surface area contributed by atoms with Crippen LogP contribution in [0.25, 0.3) is 0 Å². The van der Waals surface area contributed by atoms with Gasteiger partial charge in [-0.15, -0.1) is 0 Å². The topological polar surface area (TPSA) is 78.5 Å². The number of amides is 2. The zero-order chi connectivity index (χ0) is 24.6. The smallest absolute Gasteiger partial charge is 0.319 e. The van der Waals surface area contributed by atoms with Crippen LogP contribution in [0, 0.1) is 0 Å². The Hall–Kier alpha value is -3.16. The Morgan fingerprint density at radius 2 is 1.47 bits per heavy atom. The second-order valence-electron chi connectivity index (χ2n) is 8.29. The van der Waals surface area contributed by atoms with Crippen LogP contribution in [-0.2, 0) is 22.1 Å². The van der Waals surface area contributed by atoms with E-state index in [1.807, 2.05) is 61.5 Å². The van der Waals surface area contributed by atoms with E-state index >= 15 is 0 Å². The highest BCUT2D eigenvalue weighted by Gasteiger charge is 2.16. The van der Waals surface area contributed by atoms with Crippen molar-refractivity contribution in [3.8, 4) is 0 Å². The average molecular weight is 484 g/mol. The molecule has 0 aliphatic heterocycles. The van der Waals surface area contributed by atoms with Gasteiger partial charge in [-0.25, -0.2) is 13.2 Å². The molecule has 184 valence electrons. The van der Waals surface area contributed by atoms with Crippen LogP contribution in [-0.4, -0.2) is 32.4 Å². The van der Waals surface area contributed by atoms with Crippen LogP contribution in [0.3, 0.4) is 0 Å². The molecule has 0 heterocycles. The molecule has 0 bridgehead atoms. The molecule has 0 spiro atoms. The highest BCUT2D eigenvalue weighted by atomic mass is 32.2. The Bertz CT molecular complexity index is 1170. The number of anilines is 1. The molecule has 34 heavy (non-hydrogen) atoms. The van der Waals surface area contributed by atoms with Crippen LogP contribution in [0.15, 0.2) is 83.8 Å². The second-order valence-corrected chi connectivity index (χ2v) is 10.3. The van der Waals surface area contributed by atoms with Crippen molar-refractivity contribution in [3.05, 3.63) is 95.6 Å². The van der Waals surface area contributed by atoms with Crippen molar-refractivity contribution in [3.63, 3.8) is 0 Å². The summed E-state index contributed by atoms with van der Waals surface area (Å²) in [5.74, 6) is -0.0690. The maximum absolute atomic E-state index is 12.9. The fourth-order valence-corrected chi connectivity index (χ4v) is 5.03. The summed E-state index contributed by atoms with van der Waals surface area (Å²) < 4.78 is 25.8. The summed E-state index contributed by atoms with van der Waals surface area (Å²) in [6.45, 7) is 8.97. The van der Waals surface area contributed by atoms with Crippen molar-refractivity contribution in [1.29, 1.82) is 0 Å². The first-order chi connectivity index (χ1) is 16.3. The van der Waals surface area contributed by atoms with E-state index in [9.17, 15) is 13.2 Å². The summed E-state index contributed by atoms with van der Waals surface area (Å²) in [7, 11) is -3.50. The van der Waals surface area contributed by atoms with Crippen molar-refractivity contribution in [2.45, 2.75) is 44.0 Å². The predicted octanol–water partition coefficient (Wildman–Crippen LogP) is 5.88. The van der Waals surface area contributed by atoms with Crippen LogP contribution >= 0.6 is 0 Å². The minimum absolute atomic E-state index is 0. The summed E-state index contributed by atoms with van der Waals surface area (Å²) in [5.41, 5.74) is 3.44. The van der Waals surface area contributed by atoms with Crippen LogP contribution in [0.1, 0.15) is 46.4 Å². The van der Waals surface area contributed by atoms with Crippen LogP contribution in [0.5, 0.6) is 0 Å². The minimum atomic E-state index is -3.50. The lowest BCUT2D eigenvalue weighted by atomic mass is 10.1. The molecule has 0 aliphatic rings. The predicted molar refractivity (Wildman–Crippen MR) is 142 cm³/mol. The fraction of sp³-hybridized carbons (Fsp3) is 0.296. The zero-order valence-electron chi connectivity index (χ0n) is 20.0. The Kier molecular flexibility index (Phi) is 8.85. The van der Waals surface area contributed by atoms with Gasteiger partial charge in [0.1, 0.15) is 0 Å². The first kappa shape index (κ1) is 25.5. The van der Waals surface area contributed by atoms with E-state index in [0.717, 1.165) is 30.8 Å². The van der Waals surface area contributed by atoms with E-state index in [1.54, 1.807) is 12.1 Å². The molecule has 3 aromatic carbocycles. The average Bonchev–Trinajstić information content (AvgIpc) is 2.84. The van der Waals surface area contributed by atoms with E-state index < -0.39 is 9.84 Å². The lowest BCUT2D eigenvalue weighted by Gasteiger charge is -2.18. The van der Waals surface area contributed by atoms with E-state index in [1.165, 1.54) is 17.7 Å². The van der Waals surface area contributed by atoms with E-state index in [-0.39, 0.29) is 25.6 Å². The van der Waals surface area contributed by atoms with Gasteiger partial charge in [-0.3, -0.25) is 4.90 Å². The lowest BCUT2D eigenvalue weighted by Crippen LogP contribution is -2.31. The number of nitrogens with zero attached hydrogens (tertiary/aromatic N) is 1. The van der Waals surface area contributed by atoms with Crippen LogP contribution in [0.2, 0.25) is 0 Å². The summed E-state index contributed by atoms with van der Waals surface area (Å²) in [6.07, 6.45) is 0. The molecule has 0 radical (unpaired) electrons. The van der Waals surface area contributed by atoms with E-state index in [4.69, 9.17) is 0 Å². The normalized spacial score (nSPS) is 12.4. The van der Waals surface area contributed by atoms with Gasteiger partial charge in [0.05, 0.1) is 16.7 Å². The summed E-state index contributed by atoms with van der Waals surface area (Å²) in [5, 5.41) is 5.63. The lowest BCUT2D eigenvalue weighted by molar-refractivity contribution is 0.249. The highest BCUT2D eigenvalue weighted by molar-refractivity contribution is 7.90. The third-order valence-corrected chi connectivity index (χ3v) is 7.50. The molecule has 0 saturated heterocycles. The Morgan fingerprint density at radius 1 is 0.882 bits per heavy atom. The minimum Gasteiger partial charge on any atom is -0.331 e. The van der Waals surface area contributed by atoms with Crippen LogP contribution < -0.4 is 10.6 Å². The van der Waals surface area contributed by atoms with Gasteiger partial charge in [-0.1, -0.05) is 68.4 Å². The number of hydrogen-bond acceptors (Lipinski definition) is 4. The summed E-state index contributed by atoms with van der Waals surface area (Å²) in [6, 6.07) is 23.2. The fourth-order valence-electron chi connectivity index (χ4n) is 3.68. The Labute approximate surface area is 205 Å². The molecule has 6 nitrogen and oxygen atoms in total. The van der Waals surface area contributed by atoms with Crippen molar-refractivity contribution in [2.24, 2.45) is 0 Å². The van der Waals surface area contributed by atoms with Crippen molar-refractivity contribution in [2.75, 3.05) is 18.4 Å². The number of rotatable bonds is 10. The number of nitrogens with one attached hydrogen (secondary N) is 2. The molecular formula is C27H37N3O3S. The quantitative estimate of drug-likeness (QED) is 0.378. The molecule has 0 fully saturated rings. The molecule has 7 heteroatoms. The Morgan fingerprint density at radius 3 is 2.06 bits per heavy atom. The van der Waals surface area contributed by atoms with Gasteiger partial charge in [0.2, 0.25) is 0 Å². The summed E-state index contributed by atoms with van der Waals surface area (Å²) >= 11 is 0. The number of carbonyl (C=O) groups is 1. The van der Waals surface area contributed by atoms with Gasteiger partial charge in [0.15, 0.2) is 9.84 Å². The number of hydrogen-bond donors (Lipinski definition) is 2. The molecule has 3 rings (SSSR count). The second kappa shape index (κ2) is 11.8. The molecule has 0 aromatic heterocycles. The Balaban J connectivity index is 0.00000324. The molecule has 2 N–H and O–H groups in total. The standard InChI is InChI=1S/C27H33N3O3S.2H2/c1-4-30(5-2)19-22-11-13-23(14-12-22)20-34(32,33)26-17-15-25(16-18-26)29-27(31)28-21(3)24-9-7-6-8-10-24;;/h6-18,21H,4-5,19-20H2,1-3H3,(H2,28,29,31);2*1H. The monoisotopic (exact) mass is 483 g/mol. The third-order valence-electron chi connectivity index (χ3n) is 5.80.